The molecule has 33 heavy (non-hydrogen) atoms. The molecule has 164 valence electrons. The molecule has 3 aromatic carbocycles. The van der Waals surface area contributed by atoms with Crippen LogP contribution in [0.1, 0.15) is 25.3 Å². The van der Waals surface area contributed by atoms with Gasteiger partial charge in [0.15, 0.2) is 0 Å². The third-order valence-electron chi connectivity index (χ3n) is 6.28. The second-order valence-corrected chi connectivity index (χ2v) is 8.38. The Labute approximate surface area is 192 Å². The third-order valence-corrected chi connectivity index (χ3v) is 6.28. The predicted molar refractivity (Wildman–Crippen MR) is 131 cm³/mol. The van der Waals surface area contributed by atoms with E-state index in [1.54, 1.807) is 0 Å². The van der Waals surface area contributed by atoms with Crippen molar-refractivity contribution in [1.29, 1.82) is 0 Å². The summed E-state index contributed by atoms with van der Waals surface area (Å²) in [5, 5.41) is 9.09. The van der Waals surface area contributed by atoms with Crippen molar-refractivity contribution in [2.75, 3.05) is 10.3 Å². The van der Waals surface area contributed by atoms with Gasteiger partial charge in [-0.3, -0.25) is 14.6 Å². The zero-order valence-electron chi connectivity index (χ0n) is 18.5. The second-order valence-electron chi connectivity index (χ2n) is 8.38. The molecule has 5 rings (SSSR count). The molecule has 0 unspecified atom stereocenters. The van der Waals surface area contributed by atoms with Gasteiger partial charge in [0, 0.05) is 17.3 Å². The van der Waals surface area contributed by atoms with Crippen LogP contribution in [0, 0.1) is 11.8 Å². The van der Waals surface area contributed by atoms with Crippen molar-refractivity contribution in [2.24, 2.45) is 21.9 Å². The molecule has 0 saturated heterocycles. The van der Waals surface area contributed by atoms with Crippen LogP contribution in [0.2, 0.25) is 0 Å². The Morgan fingerprint density at radius 3 is 2.15 bits per heavy atom. The highest BCUT2D eigenvalue weighted by molar-refractivity contribution is 6.18. The molecule has 0 bridgehead atoms. The minimum Gasteiger partial charge on any atom is -0.324 e. The van der Waals surface area contributed by atoms with Crippen molar-refractivity contribution in [3.63, 3.8) is 0 Å². The number of carbonyl (C=O) groups excluding carboxylic acids is 2. The van der Waals surface area contributed by atoms with Gasteiger partial charge in [0.25, 0.3) is 5.91 Å². The Morgan fingerprint density at radius 2 is 1.42 bits per heavy atom. The maximum atomic E-state index is 13.7. The third kappa shape index (κ3) is 3.74. The molecule has 3 atom stereocenters. The summed E-state index contributed by atoms with van der Waals surface area (Å²) in [7, 11) is 0. The molecular formula is C27H24N4O2. The van der Waals surface area contributed by atoms with Crippen LogP contribution in [-0.4, -0.2) is 23.2 Å². The maximum Gasteiger partial charge on any atom is 0.256 e. The van der Waals surface area contributed by atoms with Crippen molar-refractivity contribution in [2.45, 2.75) is 19.8 Å². The quantitative estimate of drug-likeness (QED) is 0.613. The predicted octanol–water partition coefficient (Wildman–Crippen LogP) is 5.17. The first-order valence-electron chi connectivity index (χ1n) is 11.0. The maximum absolute atomic E-state index is 13.7. The van der Waals surface area contributed by atoms with Gasteiger partial charge in [-0.15, -0.1) is 0 Å². The van der Waals surface area contributed by atoms with Gasteiger partial charge in [-0.05, 0) is 43.7 Å². The number of nitrogens with zero attached hydrogens (tertiary/aromatic N) is 3. The van der Waals surface area contributed by atoms with E-state index in [2.05, 4.69) is 10.4 Å². The molecule has 0 aliphatic carbocycles. The SMILES string of the molecule is CC1=Nc2ccccc2NC(=O)[C@H]1[C@H](c1ccccc1)[C@@H]1C(=O)N(c2ccccc2)N=C1C. The number of hydrogen-bond acceptors (Lipinski definition) is 4. The lowest BCUT2D eigenvalue weighted by Crippen LogP contribution is -2.41. The molecule has 0 fully saturated rings. The molecule has 6 heteroatoms. The van der Waals surface area contributed by atoms with E-state index in [0.717, 1.165) is 5.56 Å². The zero-order chi connectivity index (χ0) is 22.9. The lowest BCUT2D eigenvalue weighted by molar-refractivity contribution is -0.121. The first-order valence-corrected chi connectivity index (χ1v) is 11.0. The Kier molecular flexibility index (Phi) is 5.34. The number of aliphatic imine (C=N–C) groups is 1. The molecule has 3 aromatic rings. The van der Waals surface area contributed by atoms with Crippen LogP contribution in [-0.2, 0) is 9.59 Å². The second kappa shape index (κ2) is 8.47. The zero-order valence-corrected chi connectivity index (χ0v) is 18.5. The fourth-order valence-electron chi connectivity index (χ4n) is 4.76. The number of rotatable bonds is 4. The van der Waals surface area contributed by atoms with Crippen LogP contribution in [0.5, 0.6) is 0 Å². The van der Waals surface area contributed by atoms with Crippen LogP contribution in [0.15, 0.2) is 95.0 Å². The Hall–Kier alpha value is -4.06. The van der Waals surface area contributed by atoms with E-state index in [1.165, 1.54) is 5.01 Å². The van der Waals surface area contributed by atoms with Crippen molar-refractivity contribution < 1.29 is 9.59 Å². The van der Waals surface area contributed by atoms with Gasteiger partial charge in [-0.1, -0.05) is 60.7 Å². The number of fused-ring (bicyclic) bond motifs is 1. The molecule has 6 nitrogen and oxygen atoms in total. The number of benzene rings is 3. The Morgan fingerprint density at radius 1 is 0.788 bits per heavy atom. The van der Waals surface area contributed by atoms with Crippen molar-refractivity contribution >= 4 is 40.3 Å². The topological polar surface area (TPSA) is 74.1 Å². The molecule has 0 radical (unpaired) electrons. The summed E-state index contributed by atoms with van der Waals surface area (Å²) in [6.07, 6.45) is 0. The molecular weight excluding hydrogens is 412 g/mol. The molecule has 1 N–H and O–H groups in total. The van der Waals surface area contributed by atoms with E-state index in [1.807, 2.05) is 98.8 Å². The average Bonchev–Trinajstić information content (AvgIpc) is 3.05. The largest absolute Gasteiger partial charge is 0.324 e. The van der Waals surface area contributed by atoms with Gasteiger partial charge in [0.05, 0.1) is 28.9 Å². The summed E-state index contributed by atoms with van der Waals surface area (Å²) in [6, 6.07) is 26.6. The summed E-state index contributed by atoms with van der Waals surface area (Å²) in [4.78, 5) is 32.1. The average molecular weight is 437 g/mol. The minimum atomic E-state index is -0.630. The highest BCUT2D eigenvalue weighted by Gasteiger charge is 2.47. The summed E-state index contributed by atoms with van der Waals surface area (Å²) in [5.41, 5.74) is 4.35. The van der Waals surface area contributed by atoms with E-state index in [0.29, 0.717) is 28.5 Å². The number of para-hydroxylation sites is 3. The normalized spacial score (nSPS) is 21.0. The molecule has 2 aliphatic heterocycles. The lowest BCUT2D eigenvalue weighted by Gasteiger charge is -2.30. The van der Waals surface area contributed by atoms with Gasteiger partial charge >= 0.3 is 0 Å². The summed E-state index contributed by atoms with van der Waals surface area (Å²) in [6.45, 7) is 3.72. The summed E-state index contributed by atoms with van der Waals surface area (Å²) >= 11 is 0. The molecule has 2 aliphatic rings. The number of amides is 2. The van der Waals surface area contributed by atoms with Crippen LogP contribution >= 0.6 is 0 Å². The molecule has 2 amide bonds. The number of anilines is 2. The van der Waals surface area contributed by atoms with Gasteiger partial charge in [-0.25, -0.2) is 5.01 Å². The van der Waals surface area contributed by atoms with Gasteiger partial charge in [0.2, 0.25) is 5.91 Å². The van der Waals surface area contributed by atoms with Crippen molar-refractivity contribution in [3.8, 4) is 0 Å². The number of hydrogen-bond donors (Lipinski definition) is 1. The van der Waals surface area contributed by atoms with Crippen LogP contribution < -0.4 is 10.3 Å². The van der Waals surface area contributed by atoms with E-state index >= 15 is 0 Å². The number of nitrogens with one attached hydrogen (secondary N) is 1. The fraction of sp³-hybridized carbons (Fsp3) is 0.185. The molecule has 0 spiro atoms. The Balaban J connectivity index is 1.61. The smallest absolute Gasteiger partial charge is 0.256 e. The van der Waals surface area contributed by atoms with Gasteiger partial charge in [-0.2, -0.15) is 5.10 Å². The highest BCUT2D eigenvalue weighted by atomic mass is 16.2. The van der Waals surface area contributed by atoms with E-state index in [4.69, 9.17) is 4.99 Å². The number of carbonyl (C=O) groups is 2. The minimum absolute atomic E-state index is 0.144. The monoisotopic (exact) mass is 436 g/mol. The Bertz CT molecular complexity index is 1270. The number of hydrazone groups is 1. The van der Waals surface area contributed by atoms with E-state index in [9.17, 15) is 9.59 Å². The standard InChI is InChI=1S/C27H24N4O2/c1-17-23(26(32)29-22-16-10-9-15-21(22)28-17)25(19-11-5-3-6-12-19)24-18(2)30-31(27(24)33)20-13-7-4-8-14-20/h3-16,23-25H,1-2H3,(H,29,32)/t23-,24-,25+/m1/s1. The van der Waals surface area contributed by atoms with Crippen LogP contribution in [0.4, 0.5) is 17.1 Å². The molecule has 2 heterocycles. The van der Waals surface area contributed by atoms with E-state index < -0.39 is 17.8 Å². The highest BCUT2D eigenvalue weighted by Crippen LogP contribution is 2.42. The first kappa shape index (κ1) is 20.8. The first-order chi connectivity index (χ1) is 16.0. The van der Waals surface area contributed by atoms with Gasteiger partial charge < -0.3 is 5.32 Å². The molecule has 0 aromatic heterocycles. The fourth-order valence-corrected chi connectivity index (χ4v) is 4.76. The van der Waals surface area contributed by atoms with Crippen LogP contribution in [0.25, 0.3) is 0 Å². The van der Waals surface area contributed by atoms with Crippen molar-refractivity contribution in [3.05, 3.63) is 90.5 Å². The van der Waals surface area contributed by atoms with Crippen LogP contribution in [0.3, 0.4) is 0 Å². The van der Waals surface area contributed by atoms with Gasteiger partial charge in [0.1, 0.15) is 0 Å². The van der Waals surface area contributed by atoms with E-state index in [-0.39, 0.29) is 11.8 Å². The summed E-state index contributed by atoms with van der Waals surface area (Å²) < 4.78 is 0. The summed E-state index contributed by atoms with van der Waals surface area (Å²) in [5.74, 6) is -1.98. The lowest BCUT2D eigenvalue weighted by atomic mass is 9.72. The van der Waals surface area contributed by atoms with Crippen molar-refractivity contribution in [1.82, 2.24) is 0 Å². The molecule has 0 saturated carbocycles.